The Bertz CT molecular complexity index is 208. The first-order valence-corrected chi connectivity index (χ1v) is 4.96. The van der Waals surface area contributed by atoms with E-state index in [-0.39, 0.29) is 6.54 Å². The highest BCUT2D eigenvalue weighted by Crippen LogP contribution is 2.22. The van der Waals surface area contributed by atoms with Crippen molar-refractivity contribution in [2.75, 3.05) is 20.1 Å². The van der Waals surface area contributed by atoms with Gasteiger partial charge in [-0.15, -0.1) is 0 Å². The Morgan fingerprint density at radius 3 is 2.40 bits per heavy atom. The lowest BCUT2D eigenvalue weighted by Gasteiger charge is -2.21. The van der Waals surface area contributed by atoms with Crippen molar-refractivity contribution in [2.24, 2.45) is 5.41 Å². The molecular weight excluding hydrogens is 204 g/mol. The van der Waals surface area contributed by atoms with Gasteiger partial charge in [0.1, 0.15) is 0 Å². The van der Waals surface area contributed by atoms with Crippen LogP contribution < -0.4 is 0 Å². The third-order valence-electron chi connectivity index (χ3n) is 2.37. The quantitative estimate of drug-likeness (QED) is 0.718. The van der Waals surface area contributed by atoms with Crippen molar-refractivity contribution in [1.82, 2.24) is 4.90 Å². The number of aliphatic carboxylic acids is 1. The van der Waals surface area contributed by atoms with Crippen molar-refractivity contribution in [1.29, 1.82) is 0 Å². The normalized spacial score (nSPS) is 12.5. The number of hydrogen-bond donors (Lipinski definition) is 1. The van der Waals surface area contributed by atoms with E-state index in [4.69, 9.17) is 5.11 Å². The number of carboxylic acids is 1. The number of hydrogen-bond acceptors (Lipinski definition) is 2. The molecule has 0 aromatic rings. The van der Waals surface area contributed by atoms with E-state index in [0.29, 0.717) is 19.4 Å². The molecule has 0 amide bonds. The van der Waals surface area contributed by atoms with E-state index < -0.39 is 17.8 Å². The van der Waals surface area contributed by atoms with Gasteiger partial charge >= 0.3 is 5.97 Å². The summed E-state index contributed by atoms with van der Waals surface area (Å²) >= 11 is 0. The third kappa shape index (κ3) is 6.38. The Balaban J connectivity index is 3.74. The van der Waals surface area contributed by atoms with E-state index in [0.717, 1.165) is 0 Å². The van der Waals surface area contributed by atoms with E-state index >= 15 is 0 Å². The van der Waals surface area contributed by atoms with Crippen LogP contribution in [0, 0.1) is 5.41 Å². The molecule has 0 atom stereocenters. The summed E-state index contributed by atoms with van der Waals surface area (Å²) in [5.74, 6) is -0.848. The zero-order valence-corrected chi connectivity index (χ0v) is 9.46. The van der Waals surface area contributed by atoms with E-state index in [1.165, 1.54) is 4.90 Å². The molecule has 0 aromatic carbocycles. The standard InChI is InChI=1S/C10H19F2NO2/c1-10(2,9(14)15)5-4-6-13(3)7-8(11)12/h8H,4-7H2,1-3H3,(H,14,15). The van der Waals surface area contributed by atoms with Crippen LogP contribution >= 0.6 is 0 Å². The fourth-order valence-electron chi connectivity index (χ4n) is 1.22. The van der Waals surface area contributed by atoms with Crippen molar-refractivity contribution in [3.8, 4) is 0 Å². The highest BCUT2D eigenvalue weighted by atomic mass is 19.3. The first kappa shape index (κ1) is 14.3. The summed E-state index contributed by atoms with van der Waals surface area (Å²) in [6.45, 7) is 3.53. The molecule has 5 heteroatoms. The molecule has 0 saturated carbocycles. The van der Waals surface area contributed by atoms with Gasteiger partial charge in [-0.05, 0) is 40.3 Å². The highest BCUT2D eigenvalue weighted by Gasteiger charge is 2.26. The van der Waals surface area contributed by atoms with E-state index in [9.17, 15) is 13.6 Å². The molecule has 0 rings (SSSR count). The Morgan fingerprint density at radius 2 is 2.00 bits per heavy atom. The minimum Gasteiger partial charge on any atom is -0.481 e. The molecule has 3 nitrogen and oxygen atoms in total. The Morgan fingerprint density at radius 1 is 1.47 bits per heavy atom. The maximum atomic E-state index is 11.9. The summed E-state index contributed by atoms with van der Waals surface area (Å²) in [5, 5.41) is 8.82. The average Bonchev–Trinajstić information content (AvgIpc) is 2.01. The lowest BCUT2D eigenvalue weighted by Crippen LogP contribution is -2.28. The van der Waals surface area contributed by atoms with Crippen LogP contribution in [0.15, 0.2) is 0 Å². The van der Waals surface area contributed by atoms with Crippen LogP contribution in [0.1, 0.15) is 26.7 Å². The van der Waals surface area contributed by atoms with Gasteiger partial charge in [0.05, 0.1) is 12.0 Å². The molecule has 1 N–H and O–H groups in total. The summed E-state index contributed by atoms with van der Waals surface area (Å²) in [4.78, 5) is 12.3. The van der Waals surface area contributed by atoms with Gasteiger partial charge in [0.25, 0.3) is 6.43 Å². The zero-order valence-electron chi connectivity index (χ0n) is 9.46. The fourth-order valence-corrected chi connectivity index (χ4v) is 1.22. The first-order valence-electron chi connectivity index (χ1n) is 4.96. The Hall–Kier alpha value is -0.710. The smallest absolute Gasteiger partial charge is 0.309 e. The number of rotatable bonds is 7. The number of carbonyl (C=O) groups is 1. The van der Waals surface area contributed by atoms with Crippen LogP contribution in [0.2, 0.25) is 0 Å². The third-order valence-corrected chi connectivity index (χ3v) is 2.37. The molecule has 0 radical (unpaired) electrons. The number of nitrogens with zero attached hydrogens (tertiary/aromatic N) is 1. The first-order chi connectivity index (χ1) is 6.75. The maximum Gasteiger partial charge on any atom is 0.309 e. The van der Waals surface area contributed by atoms with Gasteiger partial charge in [-0.3, -0.25) is 4.79 Å². The molecule has 0 bridgehead atoms. The number of halogens is 2. The lowest BCUT2D eigenvalue weighted by atomic mass is 9.88. The van der Waals surface area contributed by atoms with E-state index in [2.05, 4.69) is 0 Å². The van der Waals surface area contributed by atoms with Crippen molar-refractivity contribution < 1.29 is 18.7 Å². The van der Waals surface area contributed by atoms with Crippen LogP contribution in [0.25, 0.3) is 0 Å². The highest BCUT2D eigenvalue weighted by molar-refractivity contribution is 5.73. The largest absolute Gasteiger partial charge is 0.481 e. The fraction of sp³-hybridized carbons (Fsp3) is 0.900. The molecule has 90 valence electrons. The van der Waals surface area contributed by atoms with Crippen LogP contribution in [-0.2, 0) is 4.79 Å². The van der Waals surface area contributed by atoms with Gasteiger partial charge in [-0.1, -0.05) is 0 Å². The monoisotopic (exact) mass is 223 g/mol. The van der Waals surface area contributed by atoms with Crippen molar-refractivity contribution in [3.05, 3.63) is 0 Å². The van der Waals surface area contributed by atoms with Crippen LogP contribution in [0.4, 0.5) is 8.78 Å². The average molecular weight is 223 g/mol. The van der Waals surface area contributed by atoms with Gasteiger partial charge in [-0.2, -0.15) is 0 Å². The maximum absolute atomic E-state index is 11.9. The molecule has 0 unspecified atom stereocenters. The zero-order chi connectivity index (χ0) is 12.1. The minimum atomic E-state index is -2.33. The molecular formula is C10H19F2NO2. The molecule has 15 heavy (non-hydrogen) atoms. The summed E-state index contributed by atoms with van der Waals surface area (Å²) in [6.07, 6.45) is -1.22. The van der Waals surface area contributed by atoms with Crippen LogP contribution in [-0.4, -0.2) is 42.5 Å². The molecule has 0 spiro atoms. The predicted molar refractivity (Wildman–Crippen MR) is 54.2 cm³/mol. The molecule has 0 aliphatic heterocycles. The predicted octanol–water partition coefficient (Wildman–Crippen LogP) is 2.07. The summed E-state index contributed by atoms with van der Waals surface area (Å²) < 4.78 is 23.9. The molecule has 0 aliphatic carbocycles. The van der Waals surface area contributed by atoms with E-state index in [1.54, 1.807) is 20.9 Å². The van der Waals surface area contributed by atoms with Crippen molar-refractivity contribution >= 4 is 5.97 Å². The van der Waals surface area contributed by atoms with Gasteiger partial charge in [-0.25, -0.2) is 8.78 Å². The summed E-state index contributed by atoms with van der Waals surface area (Å²) in [5.41, 5.74) is -0.772. The van der Waals surface area contributed by atoms with Gasteiger partial charge in [0, 0.05) is 0 Å². The molecule has 0 saturated heterocycles. The van der Waals surface area contributed by atoms with Gasteiger partial charge in [0.15, 0.2) is 0 Å². The van der Waals surface area contributed by atoms with Gasteiger partial charge in [0.2, 0.25) is 0 Å². The number of carboxylic acid groups (broad SMARTS) is 1. The molecule has 0 aliphatic rings. The van der Waals surface area contributed by atoms with E-state index in [1.807, 2.05) is 0 Å². The summed E-state index contributed by atoms with van der Waals surface area (Å²) in [6, 6.07) is 0. The lowest BCUT2D eigenvalue weighted by molar-refractivity contribution is -0.147. The topological polar surface area (TPSA) is 40.5 Å². The van der Waals surface area contributed by atoms with Crippen molar-refractivity contribution in [3.63, 3.8) is 0 Å². The molecule has 0 fully saturated rings. The molecule has 0 heterocycles. The van der Waals surface area contributed by atoms with Crippen LogP contribution in [0.3, 0.4) is 0 Å². The Labute approximate surface area is 89.1 Å². The van der Waals surface area contributed by atoms with Gasteiger partial charge < -0.3 is 10.0 Å². The summed E-state index contributed by atoms with van der Waals surface area (Å²) in [7, 11) is 1.61. The SMILES string of the molecule is CN(CCCC(C)(C)C(=O)O)CC(F)F. The Kier molecular flexibility index (Phi) is 5.72. The second-order valence-electron chi connectivity index (χ2n) is 4.45. The number of alkyl halides is 2. The second-order valence-corrected chi connectivity index (χ2v) is 4.45. The second kappa shape index (κ2) is 6.00. The molecule has 0 aromatic heterocycles. The van der Waals surface area contributed by atoms with Crippen LogP contribution in [0.5, 0.6) is 0 Å². The minimum absolute atomic E-state index is 0.256. The van der Waals surface area contributed by atoms with Crippen molar-refractivity contribution in [2.45, 2.75) is 33.1 Å².